The first kappa shape index (κ1) is 14.5. The van der Waals surface area contributed by atoms with Crippen molar-refractivity contribution in [2.75, 3.05) is 17.3 Å². The third-order valence-corrected chi connectivity index (χ3v) is 4.15. The summed E-state index contributed by atoms with van der Waals surface area (Å²) < 4.78 is 0. The van der Waals surface area contributed by atoms with Gasteiger partial charge in [-0.25, -0.2) is 4.98 Å². The Balaban J connectivity index is 2.49. The van der Waals surface area contributed by atoms with Crippen LogP contribution in [0.1, 0.15) is 31.1 Å². The van der Waals surface area contributed by atoms with Crippen molar-refractivity contribution in [1.29, 1.82) is 0 Å². The van der Waals surface area contributed by atoms with E-state index in [1.165, 1.54) is 11.3 Å². The fourth-order valence-corrected chi connectivity index (χ4v) is 2.50. The van der Waals surface area contributed by atoms with Gasteiger partial charge in [0.15, 0.2) is 5.13 Å². The molecule has 0 saturated heterocycles. The molecule has 0 aliphatic carbocycles. The molecule has 4 nitrogen and oxygen atoms in total. The predicted octanol–water partition coefficient (Wildman–Crippen LogP) is 2.29. The molecular formula is C11H19N3OS2. The van der Waals surface area contributed by atoms with Gasteiger partial charge in [-0.2, -0.15) is 11.8 Å². The molecule has 1 heterocycles. The van der Waals surface area contributed by atoms with Crippen LogP contribution in [0.2, 0.25) is 0 Å². The van der Waals surface area contributed by atoms with Crippen LogP contribution in [0.5, 0.6) is 0 Å². The molecule has 0 fully saturated rings. The molecule has 0 bridgehead atoms. The van der Waals surface area contributed by atoms with Gasteiger partial charge in [-0.3, -0.25) is 4.79 Å². The van der Waals surface area contributed by atoms with E-state index < -0.39 is 6.04 Å². The molecule has 0 spiro atoms. The summed E-state index contributed by atoms with van der Waals surface area (Å²) >= 11 is 3.20. The van der Waals surface area contributed by atoms with E-state index in [1.54, 1.807) is 18.0 Å². The number of anilines is 1. The van der Waals surface area contributed by atoms with Crippen LogP contribution < -0.4 is 11.1 Å². The van der Waals surface area contributed by atoms with Gasteiger partial charge in [-0.1, -0.05) is 13.8 Å². The summed E-state index contributed by atoms with van der Waals surface area (Å²) in [5, 5.41) is 3.40. The Hall–Kier alpha value is -0.590. The number of aromatic nitrogens is 1. The molecule has 1 aromatic rings. The van der Waals surface area contributed by atoms with Gasteiger partial charge in [0, 0.05) is 11.1 Å². The molecule has 96 valence electrons. The average molecular weight is 273 g/mol. The van der Waals surface area contributed by atoms with Gasteiger partial charge in [0.05, 0.1) is 6.04 Å². The monoisotopic (exact) mass is 273 g/mol. The number of nitrogens with one attached hydrogen (secondary N) is 1. The number of hydrogen-bond acceptors (Lipinski definition) is 5. The Morgan fingerprint density at radius 3 is 2.88 bits per heavy atom. The van der Waals surface area contributed by atoms with Gasteiger partial charge in [-0.05, 0) is 24.3 Å². The van der Waals surface area contributed by atoms with Crippen molar-refractivity contribution in [2.45, 2.75) is 32.2 Å². The molecule has 1 rings (SSSR count). The summed E-state index contributed by atoms with van der Waals surface area (Å²) in [5.74, 6) is 1.18. The van der Waals surface area contributed by atoms with Gasteiger partial charge in [0.2, 0.25) is 5.91 Å². The molecule has 0 aromatic carbocycles. The highest BCUT2D eigenvalue weighted by atomic mass is 32.2. The summed E-state index contributed by atoms with van der Waals surface area (Å²) in [6, 6.07) is -0.450. The number of hydrogen-bond donors (Lipinski definition) is 2. The largest absolute Gasteiger partial charge is 0.320 e. The van der Waals surface area contributed by atoms with E-state index in [0.717, 1.165) is 10.6 Å². The normalized spacial score (nSPS) is 12.8. The average Bonchev–Trinajstić information content (AvgIpc) is 2.74. The SMILES string of the molecule is CSCC[C@H](N)C(=O)Nc1ncc(C(C)C)s1. The van der Waals surface area contributed by atoms with Crippen molar-refractivity contribution in [3.8, 4) is 0 Å². The lowest BCUT2D eigenvalue weighted by Crippen LogP contribution is -2.36. The van der Waals surface area contributed by atoms with E-state index in [9.17, 15) is 4.79 Å². The van der Waals surface area contributed by atoms with Gasteiger partial charge in [0.1, 0.15) is 0 Å². The Morgan fingerprint density at radius 2 is 2.35 bits per heavy atom. The van der Waals surface area contributed by atoms with Crippen molar-refractivity contribution in [3.63, 3.8) is 0 Å². The number of thioether (sulfide) groups is 1. The standard InChI is InChI=1S/C11H19N3OS2/c1-7(2)9-6-13-11(17-9)14-10(15)8(12)4-5-16-3/h6-8H,4-5,12H2,1-3H3,(H,13,14,15)/t8-/m0/s1. The maximum absolute atomic E-state index is 11.7. The summed E-state index contributed by atoms with van der Waals surface area (Å²) in [4.78, 5) is 17.0. The van der Waals surface area contributed by atoms with E-state index in [4.69, 9.17) is 5.73 Å². The van der Waals surface area contributed by atoms with Crippen LogP contribution in [0.4, 0.5) is 5.13 Å². The van der Waals surface area contributed by atoms with Crippen LogP contribution in [0.25, 0.3) is 0 Å². The highest BCUT2D eigenvalue weighted by Crippen LogP contribution is 2.25. The maximum atomic E-state index is 11.7. The molecule has 1 aromatic heterocycles. The molecule has 0 saturated carbocycles. The van der Waals surface area contributed by atoms with E-state index in [-0.39, 0.29) is 5.91 Å². The minimum absolute atomic E-state index is 0.149. The van der Waals surface area contributed by atoms with Crippen molar-refractivity contribution in [3.05, 3.63) is 11.1 Å². The minimum Gasteiger partial charge on any atom is -0.320 e. The number of nitrogens with two attached hydrogens (primary N) is 1. The number of amides is 1. The molecule has 0 aliphatic rings. The zero-order valence-electron chi connectivity index (χ0n) is 10.4. The molecule has 0 unspecified atom stereocenters. The second-order valence-corrected chi connectivity index (χ2v) is 6.15. The summed E-state index contributed by atoms with van der Waals surface area (Å²) in [5.41, 5.74) is 5.77. The first-order chi connectivity index (χ1) is 8.04. The predicted molar refractivity (Wildman–Crippen MR) is 75.8 cm³/mol. The topological polar surface area (TPSA) is 68.0 Å². The number of thiazole rings is 1. The highest BCUT2D eigenvalue weighted by Gasteiger charge is 2.15. The third kappa shape index (κ3) is 4.65. The Bertz CT molecular complexity index is 365. The molecule has 0 radical (unpaired) electrons. The zero-order chi connectivity index (χ0) is 12.8. The zero-order valence-corrected chi connectivity index (χ0v) is 12.0. The molecule has 1 amide bonds. The van der Waals surface area contributed by atoms with Crippen LogP contribution in [0, 0.1) is 0 Å². The Kier molecular flexibility index (Phi) is 5.94. The fraction of sp³-hybridized carbons (Fsp3) is 0.636. The highest BCUT2D eigenvalue weighted by molar-refractivity contribution is 7.98. The van der Waals surface area contributed by atoms with Crippen molar-refractivity contribution < 1.29 is 4.79 Å². The maximum Gasteiger partial charge on any atom is 0.243 e. The number of carbonyl (C=O) groups is 1. The second-order valence-electron chi connectivity index (χ2n) is 4.10. The first-order valence-electron chi connectivity index (χ1n) is 5.55. The van der Waals surface area contributed by atoms with Crippen LogP contribution in [0.15, 0.2) is 6.20 Å². The number of rotatable bonds is 6. The number of nitrogens with zero attached hydrogens (tertiary/aromatic N) is 1. The van der Waals surface area contributed by atoms with Crippen LogP contribution in [-0.2, 0) is 4.79 Å². The van der Waals surface area contributed by atoms with Gasteiger partial charge in [-0.15, -0.1) is 11.3 Å². The van der Waals surface area contributed by atoms with E-state index >= 15 is 0 Å². The smallest absolute Gasteiger partial charge is 0.243 e. The molecular weight excluding hydrogens is 254 g/mol. The van der Waals surface area contributed by atoms with Crippen LogP contribution in [0.3, 0.4) is 0 Å². The van der Waals surface area contributed by atoms with E-state index in [1.807, 2.05) is 6.26 Å². The third-order valence-electron chi connectivity index (χ3n) is 2.29. The van der Waals surface area contributed by atoms with Crippen molar-refractivity contribution in [2.24, 2.45) is 5.73 Å². The molecule has 3 N–H and O–H groups in total. The molecule has 0 aliphatic heterocycles. The molecule has 17 heavy (non-hydrogen) atoms. The van der Waals surface area contributed by atoms with Crippen LogP contribution >= 0.6 is 23.1 Å². The fourth-order valence-electron chi connectivity index (χ4n) is 1.19. The number of carbonyl (C=O) groups excluding carboxylic acids is 1. The van der Waals surface area contributed by atoms with Crippen LogP contribution in [-0.4, -0.2) is 28.9 Å². The van der Waals surface area contributed by atoms with E-state index in [2.05, 4.69) is 24.1 Å². The van der Waals surface area contributed by atoms with Gasteiger partial charge >= 0.3 is 0 Å². The molecule has 6 heteroatoms. The Labute approximate surface area is 110 Å². The molecule has 1 atom stereocenters. The lowest BCUT2D eigenvalue weighted by molar-refractivity contribution is -0.117. The second kappa shape index (κ2) is 6.98. The van der Waals surface area contributed by atoms with Crippen molar-refractivity contribution in [1.82, 2.24) is 4.98 Å². The van der Waals surface area contributed by atoms with Crippen molar-refractivity contribution >= 4 is 34.1 Å². The minimum atomic E-state index is -0.450. The summed E-state index contributed by atoms with van der Waals surface area (Å²) in [6.07, 6.45) is 4.49. The quantitative estimate of drug-likeness (QED) is 0.834. The Morgan fingerprint density at radius 1 is 1.65 bits per heavy atom. The van der Waals surface area contributed by atoms with E-state index in [0.29, 0.717) is 17.5 Å². The van der Waals surface area contributed by atoms with Gasteiger partial charge in [0.25, 0.3) is 0 Å². The lowest BCUT2D eigenvalue weighted by atomic mass is 10.2. The lowest BCUT2D eigenvalue weighted by Gasteiger charge is -2.09. The summed E-state index contributed by atoms with van der Waals surface area (Å²) in [6.45, 7) is 4.20. The van der Waals surface area contributed by atoms with Gasteiger partial charge < -0.3 is 11.1 Å². The summed E-state index contributed by atoms with van der Waals surface area (Å²) in [7, 11) is 0. The first-order valence-corrected chi connectivity index (χ1v) is 7.76.